The molecule has 1 aromatic carbocycles. The van der Waals surface area contributed by atoms with Gasteiger partial charge in [0.15, 0.2) is 11.5 Å². The van der Waals surface area contributed by atoms with Crippen molar-refractivity contribution in [3.05, 3.63) is 52.5 Å². The Morgan fingerprint density at radius 3 is 2.69 bits per heavy atom. The van der Waals surface area contributed by atoms with Crippen molar-refractivity contribution in [1.82, 2.24) is 19.5 Å². The average Bonchev–Trinajstić information content (AvgIpc) is 2.92. The molecule has 26 heavy (non-hydrogen) atoms. The monoisotopic (exact) mass is 357 g/mol. The highest BCUT2D eigenvalue weighted by Gasteiger charge is 2.15. The van der Waals surface area contributed by atoms with E-state index in [1.165, 1.54) is 4.57 Å². The molecule has 3 aromatic rings. The van der Waals surface area contributed by atoms with Crippen LogP contribution in [0.2, 0.25) is 0 Å². The third kappa shape index (κ3) is 3.52. The highest BCUT2D eigenvalue weighted by atomic mass is 16.5. The fraction of sp³-hybridized carbons (Fsp3) is 0.235. The molecular formula is C17H19N5O4. The first kappa shape index (κ1) is 17.5. The number of aliphatic hydroxyl groups excluding tert-OH is 1. The van der Waals surface area contributed by atoms with E-state index in [0.717, 1.165) is 5.56 Å². The van der Waals surface area contributed by atoms with Crippen LogP contribution in [-0.4, -0.2) is 44.9 Å². The van der Waals surface area contributed by atoms with Crippen molar-refractivity contribution in [2.45, 2.75) is 6.54 Å². The van der Waals surface area contributed by atoms with Crippen LogP contribution in [0.15, 0.2) is 35.6 Å². The smallest absolute Gasteiger partial charge is 0.328 e. The number of benzene rings is 1. The quantitative estimate of drug-likeness (QED) is 0.429. The van der Waals surface area contributed by atoms with E-state index in [-0.39, 0.29) is 36.4 Å². The predicted molar refractivity (Wildman–Crippen MR) is 97.1 cm³/mol. The highest BCUT2D eigenvalue weighted by Crippen LogP contribution is 2.19. The maximum atomic E-state index is 12.3. The first-order valence-corrected chi connectivity index (χ1v) is 7.84. The van der Waals surface area contributed by atoms with Gasteiger partial charge in [0, 0.05) is 12.7 Å². The average molecular weight is 357 g/mol. The van der Waals surface area contributed by atoms with Gasteiger partial charge in [0.1, 0.15) is 17.9 Å². The van der Waals surface area contributed by atoms with Gasteiger partial charge in [0.25, 0.3) is 0 Å². The molecular weight excluding hydrogens is 338 g/mol. The van der Waals surface area contributed by atoms with E-state index in [1.54, 1.807) is 31.4 Å². The molecule has 0 amide bonds. The third-order valence-corrected chi connectivity index (χ3v) is 3.78. The summed E-state index contributed by atoms with van der Waals surface area (Å²) in [6.07, 6.45) is 0. The number of hydrogen-bond donors (Lipinski definition) is 3. The number of ether oxygens (including phenoxy) is 2. The van der Waals surface area contributed by atoms with Crippen molar-refractivity contribution in [3.63, 3.8) is 0 Å². The molecule has 0 saturated carbocycles. The molecule has 0 saturated heterocycles. The van der Waals surface area contributed by atoms with E-state index in [4.69, 9.17) is 15.2 Å². The van der Waals surface area contributed by atoms with Crippen molar-refractivity contribution >= 4 is 22.7 Å². The van der Waals surface area contributed by atoms with Crippen LogP contribution in [0.5, 0.6) is 6.01 Å². The Labute approximate surface area is 148 Å². The number of fused-ring (bicyclic) bond motifs is 1. The minimum Gasteiger partial charge on any atom is -0.508 e. The van der Waals surface area contributed by atoms with Gasteiger partial charge in [-0.05, 0) is 5.56 Å². The van der Waals surface area contributed by atoms with Crippen LogP contribution in [0.3, 0.4) is 0 Å². The zero-order valence-electron chi connectivity index (χ0n) is 14.2. The topological polar surface area (TPSA) is 128 Å². The summed E-state index contributed by atoms with van der Waals surface area (Å²) in [6, 6.07) is 7.11. The molecule has 9 heteroatoms. The molecule has 4 N–H and O–H groups in total. The second-order valence-electron chi connectivity index (χ2n) is 5.59. The molecule has 0 atom stereocenters. The fourth-order valence-corrected chi connectivity index (χ4v) is 2.44. The first-order chi connectivity index (χ1) is 12.5. The number of methoxy groups -OCH3 is 1. The molecule has 136 valence electrons. The molecule has 0 spiro atoms. The van der Waals surface area contributed by atoms with Crippen molar-refractivity contribution in [1.29, 1.82) is 0 Å². The van der Waals surface area contributed by atoms with E-state index < -0.39 is 0 Å². The number of aromatic nitrogens is 4. The molecule has 2 aromatic heterocycles. The summed E-state index contributed by atoms with van der Waals surface area (Å²) < 4.78 is 11.8. The van der Waals surface area contributed by atoms with E-state index in [0.29, 0.717) is 23.3 Å². The minimum absolute atomic E-state index is 0.0147. The number of nitrogens with one attached hydrogen (secondary N) is 1. The Hall–Kier alpha value is -3.33. The molecule has 2 heterocycles. The SMILES string of the molecule is C=C(O)c1ccc(Cn2c(=O)[nH]c3c(N)nc(OCCOC)nc32)cc1. The first-order valence-electron chi connectivity index (χ1n) is 7.84. The normalized spacial score (nSPS) is 11.0. The highest BCUT2D eigenvalue weighted by molar-refractivity contribution is 5.81. The summed E-state index contributed by atoms with van der Waals surface area (Å²) in [5, 5.41) is 9.40. The molecule has 3 rings (SSSR count). The summed E-state index contributed by atoms with van der Waals surface area (Å²) in [5.74, 6) is 0.115. The van der Waals surface area contributed by atoms with Crippen LogP contribution in [0, 0.1) is 0 Å². The van der Waals surface area contributed by atoms with Crippen LogP contribution in [0.4, 0.5) is 5.82 Å². The van der Waals surface area contributed by atoms with Crippen LogP contribution in [-0.2, 0) is 11.3 Å². The van der Waals surface area contributed by atoms with Gasteiger partial charge < -0.3 is 25.3 Å². The maximum absolute atomic E-state index is 12.3. The Balaban J connectivity index is 1.95. The lowest BCUT2D eigenvalue weighted by atomic mass is 10.1. The van der Waals surface area contributed by atoms with Crippen molar-refractivity contribution in [3.8, 4) is 6.01 Å². The van der Waals surface area contributed by atoms with E-state index in [9.17, 15) is 9.90 Å². The van der Waals surface area contributed by atoms with Gasteiger partial charge in [0.2, 0.25) is 0 Å². The van der Waals surface area contributed by atoms with Crippen molar-refractivity contribution in [2.75, 3.05) is 26.1 Å². The number of nitrogens with zero attached hydrogens (tertiary/aromatic N) is 3. The number of rotatable bonds is 7. The Morgan fingerprint density at radius 1 is 1.31 bits per heavy atom. The van der Waals surface area contributed by atoms with Gasteiger partial charge in [-0.2, -0.15) is 9.97 Å². The predicted octanol–water partition coefficient (Wildman–Crippen LogP) is 1.30. The number of nitrogen functional groups attached to an aromatic ring is 1. The molecule has 9 nitrogen and oxygen atoms in total. The lowest BCUT2D eigenvalue weighted by Crippen LogP contribution is -2.18. The largest absolute Gasteiger partial charge is 0.508 e. The summed E-state index contributed by atoms with van der Waals surface area (Å²) in [7, 11) is 1.56. The number of H-pyrrole nitrogens is 1. The van der Waals surface area contributed by atoms with Gasteiger partial charge in [0.05, 0.1) is 13.2 Å². The molecule has 0 radical (unpaired) electrons. The minimum atomic E-state index is -0.356. The second-order valence-corrected chi connectivity index (χ2v) is 5.59. The second kappa shape index (κ2) is 7.28. The summed E-state index contributed by atoms with van der Waals surface area (Å²) in [4.78, 5) is 23.3. The molecule has 0 bridgehead atoms. The van der Waals surface area contributed by atoms with Crippen LogP contribution >= 0.6 is 0 Å². The van der Waals surface area contributed by atoms with Gasteiger partial charge in [-0.15, -0.1) is 0 Å². The number of hydrogen-bond acceptors (Lipinski definition) is 7. The van der Waals surface area contributed by atoms with Crippen LogP contribution < -0.4 is 16.2 Å². The molecule has 0 unspecified atom stereocenters. The summed E-state index contributed by atoms with van der Waals surface area (Å²) in [6.45, 7) is 4.39. The van der Waals surface area contributed by atoms with Gasteiger partial charge >= 0.3 is 11.7 Å². The number of nitrogens with two attached hydrogens (primary N) is 1. The van der Waals surface area contributed by atoms with Crippen molar-refractivity contribution < 1.29 is 14.6 Å². The van der Waals surface area contributed by atoms with Gasteiger partial charge in [-0.25, -0.2) is 4.79 Å². The molecule has 0 fully saturated rings. The summed E-state index contributed by atoms with van der Waals surface area (Å²) >= 11 is 0. The standard InChI is InChI=1S/C17H19N5O4/c1-10(23)12-5-3-11(4-6-12)9-22-15-13(19-17(22)24)14(18)20-16(21-15)26-8-7-25-2/h3-6,23H,1,7-9H2,2H3,(H,19,24)(H2,18,20,21). The zero-order valence-corrected chi connectivity index (χ0v) is 14.2. The third-order valence-electron chi connectivity index (χ3n) is 3.78. The maximum Gasteiger partial charge on any atom is 0.328 e. The summed E-state index contributed by atoms with van der Waals surface area (Å²) in [5.41, 5.74) is 7.72. The van der Waals surface area contributed by atoms with Gasteiger partial charge in [-0.3, -0.25) is 4.57 Å². The van der Waals surface area contributed by atoms with E-state index in [1.807, 2.05) is 0 Å². The molecule has 0 aliphatic heterocycles. The van der Waals surface area contributed by atoms with Crippen LogP contribution in [0.25, 0.3) is 16.9 Å². The van der Waals surface area contributed by atoms with E-state index >= 15 is 0 Å². The molecule has 0 aliphatic rings. The zero-order chi connectivity index (χ0) is 18.7. The number of imidazole rings is 1. The molecule has 0 aliphatic carbocycles. The number of aliphatic hydroxyl groups is 1. The Morgan fingerprint density at radius 2 is 2.04 bits per heavy atom. The van der Waals surface area contributed by atoms with Crippen molar-refractivity contribution in [2.24, 2.45) is 0 Å². The lowest BCUT2D eigenvalue weighted by molar-refractivity contribution is 0.141. The van der Waals surface area contributed by atoms with Gasteiger partial charge in [-0.1, -0.05) is 30.8 Å². The number of aromatic amines is 1. The van der Waals surface area contributed by atoms with Crippen LogP contribution in [0.1, 0.15) is 11.1 Å². The Bertz CT molecular complexity index is 991. The number of anilines is 1. The Kier molecular flexibility index (Phi) is 4.90. The van der Waals surface area contributed by atoms with E-state index in [2.05, 4.69) is 21.5 Å². The lowest BCUT2D eigenvalue weighted by Gasteiger charge is -2.07. The fourth-order valence-electron chi connectivity index (χ4n) is 2.44.